The maximum Gasteiger partial charge on any atom is 0.244 e. The second kappa shape index (κ2) is 5.71. The van der Waals surface area contributed by atoms with E-state index in [-0.39, 0.29) is 11.0 Å². The van der Waals surface area contributed by atoms with Gasteiger partial charge in [-0.2, -0.15) is 4.31 Å². The van der Waals surface area contributed by atoms with E-state index in [1.54, 1.807) is 19.2 Å². The van der Waals surface area contributed by atoms with E-state index in [1.807, 2.05) is 13.8 Å². The largest absolute Gasteiger partial charge is 0.398 e. The van der Waals surface area contributed by atoms with E-state index in [4.69, 9.17) is 10.5 Å². The van der Waals surface area contributed by atoms with E-state index in [0.717, 1.165) is 24.0 Å². The summed E-state index contributed by atoms with van der Waals surface area (Å²) < 4.78 is 32.0. The molecule has 1 unspecified atom stereocenters. The van der Waals surface area contributed by atoms with Crippen molar-refractivity contribution in [3.63, 3.8) is 0 Å². The van der Waals surface area contributed by atoms with Crippen LogP contribution in [0.25, 0.3) is 0 Å². The van der Waals surface area contributed by atoms with E-state index >= 15 is 0 Å². The SMILES string of the molecule is Cc1cc(N)c(S(=O)(=O)N(C)CC2CCCO2)cc1C. The topological polar surface area (TPSA) is 72.6 Å². The lowest BCUT2D eigenvalue weighted by Gasteiger charge is -2.22. The molecule has 112 valence electrons. The predicted octanol–water partition coefficient (Wildman–Crippen LogP) is 1.69. The van der Waals surface area contributed by atoms with Crippen LogP contribution in [0.4, 0.5) is 5.69 Å². The van der Waals surface area contributed by atoms with Crippen LogP contribution in [0.5, 0.6) is 0 Å². The van der Waals surface area contributed by atoms with E-state index in [1.165, 1.54) is 4.31 Å². The number of anilines is 1. The third-order valence-corrected chi connectivity index (χ3v) is 5.68. The number of nitrogen functional groups attached to an aromatic ring is 1. The van der Waals surface area contributed by atoms with E-state index < -0.39 is 10.0 Å². The minimum absolute atomic E-state index is 0.0115. The molecule has 1 aliphatic rings. The van der Waals surface area contributed by atoms with Gasteiger partial charge in [-0.1, -0.05) is 0 Å². The van der Waals surface area contributed by atoms with Gasteiger partial charge in [0.15, 0.2) is 0 Å². The standard InChI is InChI=1S/C14H22N2O3S/c1-10-7-13(15)14(8-11(10)2)20(17,18)16(3)9-12-5-4-6-19-12/h7-8,12H,4-6,9,15H2,1-3H3. The molecule has 2 rings (SSSR count). The molecule has 0 aromatic heterocycles. The maximum absolute atomic E-state index is 12.6. The van der Waals surface area contributed by atoms with Gasteiger partial charge in [-0.25, -0.2) is 8.42 Å². The highest BCUT2D eigenvalue weighted by Crippen LogP contribution is 2.26. The number of nitrogens with zero attached hydrogens (tertiary/aromatic N) is 1. The van der Waals surface area contributed by atoms with Crippen molar-refractivity contribution in [3.05, 3.63) is 23.3 Å². The molecule has 2 N–H and O–H groups in total. The zero-order chi connectivity index (χ0) is 14.9. The third-order valence-electron chi connectivity index (χ3n) is 3.80. The smallest absolute Gasteiger partial charge is 0.244 e. The molecule has 0 radical (unpaired) electrons. The Morgan fingerprint density at radius 2 is 2.00 bits per heavy atom. The summed E-state index contributed by atoms with van der Waals surface area (Å²) in [7, 11) is -1.99. The Hall–Kier alpha value is -1.11. The molecule has 1 atom stereocenters. The zero-order valence-corrected chi connectivity index (χ0v) is 13.0. The first-order valence-corrected chi connectivity index (χ1v) is 8.21. The number of hydrogen-bond acceptors (Lipinski definition) is 4. The van der Waals surface area contributed by atoms with Gasteiger partial charge in [-0.3, -0.25) is 0 Å². The van der Waals surface area contributed by atoms with Gasteiger partial charge in [0.2, 0.25) is 10.0 Å². The molecule has 5 nitrogen and oxygen atoms in total. The summed E-state index contributed by atoms with van der Waals surface area (Å²) in [6.07, 6.45) is 1.88. The molecule has 6 heteroatoms. The van der Waals surface area contributed by atoms with Crippen molar-refractivity contribution in [1.82, 2.24) is 4.31 Å². The molecule has 0 spiro atoms. The number of benzene rings is 1. The van der Waals surface area contributed by atoms with Gasteiger partial charge < -0.3 is 10.5 Å². The average Bonchev–Trinajstić information content (AvgIpc) is 2.86. The van der Waals surface area contributed by atoms with Gasteiger partial charge in [0.25, 0.3) is 0 Å². The van der Waals surface area contributed by atoms with Crippen molar-refractivity contribution in [1.29, 1.82) is 0 Å². The summed E-state index contributed by atoms with van der Waals surface area (Å²) >= 11 is 0. The molecule has 0 aliphatic carbocycles. The molecule has 1 aromatic rings. The van der Waals surface area contributed by atoms with Gasteiger partial charge >= 0.3 is 0 Å². The molecule has 0 bridgehead atoms. The first-order chi connectivity index (χ1) is 9.32. The minimum Gasteiger partial charge on any atom is -0.398 e. The van der Waals surface area contributed by atoms with Crippen molar-refractivity contribution in [2.75, 3.05) is 25.9 Å². The van der Waals surface area contributed by atoms with Gasteiger partial charge in [0.1, 0.15) is 4.90 Å². The Bertz CT molecular complexity index is 593. The Morgan fingerprint density at radius 3 is 2.60 bits per heavy atom. The minimum atomic E-state index is -3.57. The highest BCUT2D eigenvalue weighted by Gasteiger charge is 2.27. The molecule has 1 aliphatic heterocycles. The highest BCUT2D eigenvalue weighted by atomic mass is 32.2. The van der Waals surface area contributed by atoms with Crippen LogP contribution in [0, 0.1) is 13.8 Å². The highest BCUT2D eigenvalue weighted by molar-refractivity contribution is 7.89. The van der Waals surface area contributed by atoms with Crippen molar-refractivity contribution >= 4 is 15.7 Å². The van der Waals surface area contributed by atoms with Crippen LogP contribution >= 0.6 is 0 Å². The van der Waals surface area contributed by atoms with Crippen LogP contribution in [0.1, 0.15) is 24.0 Å². The summed E-state index contributed by atoms with van der Waals surface area (Å²) in [6, 6.07) is 3.36. The Morgan fingerprint density at radius 1 is 1.35 bits per heavy atom. The lowest BCUT2D eigenvalue weighted by atomic mass is 10.1. The summed E-state index contributed by atoms with van der Waals surface area (Å²) in [5.74, 6) is 0. The first-order valence-electron chi connectivity index (χ1n) is 6.77. The number of nitrogens with two attached hydrogens (primary N) is 1. The van der Waals surface area contributed by atoms with Crippen LogP contribution in [-0.4, -0.2) is 39.0 Å². The molecule has 1 aromatic carbocycles. The zero-order valence-electron chi connectivity index (χ0n) is 12.2. The molecular weight excluding hydrogens is 276 g/mol. The molecular formula is C14H22N2O3S. The molecule has 1 fully saturated rings. The van der Waals surface area contributed by atoms with Crippen molar-refractivity contribution in [2.24, 2.45) is 0 Å². The number of ether oxygens (including phenoxy) is 1. The van der Waals surface area contributed by atoms with Crippen molar-refractivity contribution in [2.45, 2.75) is 37.7 Å². The Kier molecular flexibility index (Phi) is 4.36. The van der Waals surface area contributed by atoms with Crippen LogP contribution in [0.15, 0.2) is 17.0 Å². The van der Waals surface area contributed by atoms with Gasteiger partial charge in [0, 0.05) is 20.2 Å². The third kappa shape index (κ3) is 2.97. The number of rotatable bonds is 4. The fourth-order valence-corrected chi connectivity index (χ4v) is 3.76. The van der Waals surface area contributed by atoms with Crippen LogP contribution in [0.3, 0.4) is 0 Å². The predicted molar refractivity (Wildman–Crippen MR) is 79.1 cm³/mol. The lowest BCUT2D eigenvalue weighted by Crippen LogP contribution is -2.34. The van der Waals surface area contributed by atoms with E-state index in [0.29, 0.717) is 18.8 Å². The second-order valence-corrected chi connectivity index (χ2v) is 7.41. The number of likely N-dealkylation sites (N-methyl/N-ethyl adjacent to an activating group) is 1. The summed E-state index contributed by atoms with van der Waals surface area (Å²) in [5.41, 5.74) is 8.09. The van der Waals surface area contributed by atoms with Gasteiger partial charge in [-0.05, 0) is 49.9 Å². The molecule has 0 amide bonds. The second-order valence-electron chi connectivity index (χ2n) is 5.39. The fourth-order valence-electron chi connectivity index (χ4n) is 2.38. The lowest BCUT2D eigenvalue weighted by molar-refractivity contribution is 0.0979. The monoisotopic (exact) mass is 298 g/mol. The summed E-state index contributed by atoms with van der Waals surface area (Å²) in [4.78, 5) is 0.182. The quantitative estimate of drug-likeness (QED) is 0.859. The number of hydrogen-bond donors (Lipinski definition) is 1. The Balaban J connectivity index is 2.27. The summed E-state index contributed by atoms with van der Waals surface area (Å²) in [5, 5.41) is 0. The van der Waals surface area contributed by atoms with E-state index in [9.17, 15) is 8.42 Å². The Labute approximate surface area is 120 Å². The van der Waals surface area contributed by atoms with Crippen LogP contribution < -0.4 is 5.73 Å². The fraction of sp³-hybridized carbons (Fsp3) is 0.571. The normalized spacial score (nSPS) is 19.7. The number of sulfonamides is 1. The van der Waals surface area contributed by atoms with Crippen molar-refractivity contribution < 1.29 is 13.2 Å². The molecule has 1 heterocycles. The van der Waals surface area contributed by atoms with Gasteiger partial charge in [0.05, 0.1) is 11.8 Å². The van der Waals surface area contributed by atoms with Crippen LogP contribution in [-0.2, 0) is 14.8 Å². The van der Waals surface area contributed by atoms with Crippen LogP contribution in [0.2, 0.25) is 0 Å². The first kappa shape index (κ1) is 15.3. The van der Waals surface area contributed by atoms with Crippen molar-refractivity contribution in [3.8, 4) is 0 Å². The van der Waals surface area contributed by atoms with Gasteiger partial charge in [-0.15, -0.1) is 0 Å². The molecule has 20 heavy (non-hydrogen) atoms. The average molecular weight is 298 g/mol. The molecule has 1 saturated heterocycles. The maximum atomic E-state index is 12.6. The molecule has 0 saturated carbocycles. The number of aryl methyl sites for hydroxylation is 2. The summed E-state index contributed by atoms with van der Waals surface area (Å²) in [6.45, 7) is 4.88. The van der Waals surface area contributed by atoms with E-state index in [2.05, 4.69) is 0 Å².